The molecule has 2 atom stereocenters. The van der Waals surface area contributed by atoms with Crippen molar-refractivity contribution in [1.82, 2.24) is 9.80 Å². The first-order valence-corrected chi connectivity index (χ1v) is 22.0. The van der Waals surface area contributed by atoms with Gasteiger partial charge in [-0.05, 0) is 110 Å². The standard InChI is InChI=1S/C46H84N2O2/c1-4-6-8-10-12-14-16-18-20-22-24-26-28-30-32-34-40-49-45-42-48(44-36-38-47(3)39-37-44)43-46(45)50-41-35-33-31-29-27-25-23-21-19-17-15-13-11-9-7-5-2/h12-15,18-21,44-46H,4-11,16-17,22-43H2,1-3H3/b14-12+,15-13+,20-18+,21-19+/t45-,46-/m1/s1. The van der Waals surface area contributed by atoms with Gasteiger partial charge in [-0.3, -0.25) is 4.90 Å². The summed E-state index contributed by atoms with van der Waals surface area (Å²) in [6.07, 6.45) is 52.8. The number of nitrogens with zero attached hydrogens (tertiary/aromatic N) is 2. The topological polar surface area (TPSA) is 24.9 Å². The molecule has 4 heteroatoms. The van der Waals surface area contributed by atoms with Crippen LogP contribution in [0.4, 0.5) is 0 Å². The van der Waals surface area contributed by atoms with Crippen molar-refractivity contribution in [2.24, 2.45) is 0 Å². The molecule has 0 bridgehead atoms. The minimum Gasteiger partial charge on any atom is -0.374 e. The average molecular weight is 697 g/mol. The highest BCUT2D eigenvalue weighted by Crippen LogP contribution is 2.25. The SMILES string of the molecule is CCCCC/C=C/C/C=C/CCCCCCCCO[C@@H]1CN(C2CCN(C)CC2)C[C@H]1OCCCCCCCC/C=C/C/C=C/CCCCC. The summed E-state index contributed by atoms with van der Waals surface area (Å²) in [4.78, 5) is 5.19. The summed E-state index contributed by atoms with van der Waals surface area (Å²) in [6, 6.07) is 0.703. The van der Waals surface area contributed by atoms with Crippen LogP contribution in [0.2, 0.25) is 0 Å². The second kappa shape index (κ2) is 33.6. The van der Waals surface area contributed by atoms with Crippen LogP contribution < -0.4 is 0 Å². The fraction of sp³-hybridized carbons (Fsp3) is 0.826. The molecule has 2 aliphatic heterocycles. The first kappa shape index (κ1) is 45.0. The maximum absolute atomic E-state index is 6.56. The van der Waals surface area contributed by atoms with E-state index in [4.69, 9.17) is 9.47 Å². The van der Waals surface area contributed by atoms with E-state index in [1.807, 2.05) is 0 Å². The van der Waals surface area contributed by atoms with E-state index in [1.54, 1.807) is 0 Å². The van der Waals surface area contributed by atoms with E-state index in [2.05, 4.69) is 79.3 Å². The van der Waals surface area contributed by atoms with Crippen molar-refractivity contribution in [3.63, 3.8) is 0 Å². The molecule has 0 aromatic heterocycles. The summed E-state index contributed by atoms with van der Waals surface area (Å²) in [7, 11) is 2.26. The molecule has 0 saturated carbocycles. The molecule has 2 fully saturated rings. The van der Waals surface area contributed by atoms with E-state index in [0.717, 1.165) is 39.1 Å². The van der Waals surface area contributed by atoms with E-state index >= 15 is 0 Å². The summed E-state index contributed by atoms with van der Waals surface area (Å²) >= 11 is 0. The first-order chi connectivity index (χ1) is 24.7. The van der Waals surface area contributed by atoms with Crippen molar-refractivity contribution in [2.45, 2.75) is 199 Å². The van der Waals surface area contributed by atoms with E-state index in [0.29, 0.717) is 6.04 Å². The number of ether oxygens (including phenoxy) is 2. The second-order valence-electron chi connectivity index (χ2n) is 15.5. The molecule has 0 aromatic carbocycles. The van der Waals surface area contributed by atoms with Crippen LogP contribution in [0.5, 0.6) is 0 Å². The third-order valence-electron chi connectivity index (χ3n) is 10.8. The van der Waals surface area contributed by atoms with Crippen molar-refractivity contribution in [3.8, 4) is 0 Å². The van der Waals surface area contributed by atoms with Gasteiger partial charge in [0.2, 0.25) is 0 Å². The molecule has 0 unspecified atom stereocenters. The monoisotopic (exact) mass is 697 g/mol. The van der Waals surface area contributed by atoms with Crippen LogP contribution in [0.25, 0.3) is 0 Å². The van der Waals surface area contributed by atoms with Gasteiger partial charge in [0.25, 0.3) is 0 Å². The van der Waals surface area contributed by atoms with E-state index in [-0.39, 0.29) is 12.2 Å². The predicted octanol–water partition coefficient (Wildman–Crippen LogP) is 12.8. The summed E-state index contributed by atoms with van der Waals surface area (Å²) in [6.45, 7) is 10.9. The van der Waals surface area contributed by atoms with Crippen LogP contribution in [0.1, 0.15) is 181 Å². The number of unbranched alkanes of at least 4 members (excludes halogenated alkanes) is 18. The highest BCUT2D eigenvalue weighted by Gasteiger charge is 2.38. The second-order valence-corrected chi connectivity index (χ2v) is 15.5. The van der Waals surface area contributed by atoms with Crippen molar-refractivity contribution < 1.29 is 9.47 Å². The quantitative estimate of drug-likeness (QED) is 0.0504. The van der Waals surface area contributed by atoms with E-state index < -0.39 is 0 Å². The van der Waals surface area contributed by atoms with Crippen LogP contribution in [0.3, 0.4) is 0 Å². The molecule has 0 spiro atoms. The Morgan fingerprint density at radius 1 is 0.460 bits per heavy atom. The van der Waals surface area contributed by atoms with Gasteiger partial charge in [-0.25, -0.2) is 0 Å². The highest BCUT2D eigenvalue weighted by molar-refractivity contribution is 4.94. The van der Waals surface area contributed by atoms with Gasteiger partial charge in [0.05, 0.1) is 12.2 Å². The average Bonchev–Trinajstić information content (AvgIpc) is 3.53. The maximum Gasteiger partial charge on any atom is 0.0975 e. The molecule has 50 heavy (non-hydrogen) atoms. The molecule has 0 amide bonds. The molecule has 0 aliphatic carbocycles. The van der Waals surface area contributed by atoms with Crippen LogP contribution in [-0.4, -0.2) is 74.5 Å². The molecular formula is C46H84N2O2. The Labute approximate surface area is 312 Å². The summed E-state index contributed by atoms with van der Waals surface area (Å²) < 4.78 is 13.1. The fourth-order valence-corrected chi connectivity index (χ4v) is 7.40. The number of rotatable bonds is 33. The number of allylic oxidation sites excluding steroid dienone is 8. The van der Waals surface area contributed by atoms with Gasteiger partial charge in [-0.1, -0.05) is 140 Å². The van der Waals surface area contributed by atoms with Crippen molar-refractivity contribution in [2.75, 3.05) is 46.4 Å². The van der Waals surface area contributed by atoms with Gasteiger partial charge >= 0.3 is 0 Å². The number of likely N-dealkylation sites (tertiary alicyclic amines) is 2. The van der Waals surface area contributed by atoms with Gasteiger partial charge in [-0.15, -0.1) is 0 Å². The first-order valence-electron chi connectivity index (χ1n) is 22.0. The summed E-state index contributed by atoms with van der Waals surface area (Å²) in [5, 5.41) is 0. The lowest BCUT2D eigenvalue weighted by atomic mass is 10.0. The Morgan fingerprint density at radius 2 is 0.820 bits per heavy atom. The smallest absolute Gasteiger partial charge is 0.0975 e. The van der Waals surface area contributed by atoms with Gasteiger partial charge in [0.15, 0.2) is 0 Å². The highest BCUT2D eigenvalue weighted by atomic mass is 16.5. The Hall–Kier alpha value is -1.20. The predicted molar refractivity (Wildman–Crippen MR) is 220 cm³/mol. The molecule has 2 aliphatic rings. The van der Waals surface area contributed by atoms with Crippen molar-refractivity contribution in [1.29, 1.82) is 0 Å². The molecule has 2 saturated heterocycles. The number of hydrogen-bond donors (Lipinski definition) is 0. The fourth-order valence-electron chi connectivity index (χ4n) is 7.40. The van der Waals surface area contributed by atoms with Crippen LogP contribution in [-0.2, 0) is 9.47 Å². The van der Waals surface area contributed by atoms with Crippen LogP contribution in [0.15, 0.2) is 48.6 Å². The lowest BCUT2D eigenvalue weighted by molar-refractivity contribution is -0.0481. The lowest BCUT2D eigenvalue weighted by Crippen LogP contribution is -2.43. The zero-order chi connectivity index (χ0) is 35.6. The third kappa shape index (κ3) is 24.9. The Bertz CT molecular complexity index is 785. The van der Waals surface area contributed by atoms with Gasteiger partial charge < -0.3 is 14.4 Å². The molecule has 0 radical (unpaired) electrons. The van der Waals surface area contributed by atoms with E-state index in [1.165, 1.54) is 167 Å². The van der Waals surface area contributed by atoms with Crippen molar-refractivity contribution in [3.05, 3.63) is 48.6 Å². The molecule has 4 nitrogen and oxygen atoms in total. The van der Waals surface area contributed by atoms with E-state index in [9.17, 15) is 0 Å². The Balaban J connectivity index is 1.51. The number of hydrogen-bond acceptors (Lipinski definition) is 4. The molecule has 2 heterocycles. The largest absolute Gasteiger partial charge is 0.374 e. The summed E-state index contributed by atoms with van der Waals surface area (Å²) in [5.74, 6) is 0. The zero-order valence-corrected chi connectivity index (χ0v) is 33.7. The normalized spacial score (nSPS) is 19.9. The Morgan fingerprint density at radius 3 is 1.22 bits per heavy atom. The minimum atomic E-state index is 0.247. The van der Waals surface area contributed by atoms with Crippen LogP contribution >= 0.6 is 0 Å². The zero-order valence-electron chi connectivity index (χ0n) is 33.7. The van der Waals surface area contributed by atoms with Crippen molar-refractivity contribution >= 4 is 0 Å². The summed E-state index contributed by atoms with van der Waals surface area (Å²) in [5.41, 5.74) is 0. The molecule has 2 rings (SSSR count). The minimum absolute atomic E-state index is 0.247. The van der Waals surface area contributed by atoms with Gasteiger partial charge in [-0.2, -0.15) is 0 Å². The third-order valence-corrected chi connectivity index (χ3v) is 10.8. The molecule has 290 valence electrons. The Kier molecular flexibility index (Phi) is 30.2. The maximum atomic E-state index is 6.56. The van der Waals surface area contributed by atoms with Crippen LogP contribution in [0, 0.1) is 0 Å². The molecule has 0 N–H and O–H groups in total. The van der Waals surface area contributed by atoms with Gasteiger partial charge in [0, 0.05) is 32.3 Å². The lowest BCUT2D eigenvalue weighted by Gasteiger charge is -2.35. The number of piperidine rings is 1. The molecule has 0 aromatic rings. The van der Waals surface area contributed by atoms with Gasteiger partial charge in [0.1, 0.15) is 0 Å². The molecular weight excluding hydrogens is 613 g/mol.